The number of H-pyrrole nitrogens is 1. The topological polar surface area (TPSA) is 91.1 Å². The quantitative estimate of drug-likeness (QED) is 0.783. The van der Waals surface area contributed by atoms with Crippen molar-refractivity contribution in [2.24, 2.45) is 11.8 Å². The smallest absolute Gasteiger partial charge is 0.151 e. The summed E-state index contributed by atoms with van der Waals surface area (Å²) in [5.74, 6) is 1.45. The van der Waals surface area contributed by atoms with E-state index in [-0.39, 0.29) is 6.10 Å². The fraction of sp³-hybridized carbons (Fsp3) is 0.625. The first-order valence-corrected chi connectivity index (χ1v) is 8.10. The third kappa shape index (κ3) is 2.68. The zero-order valence-electron chi connectivity index (χ0n) is 13.3. The molecular weight excluding hydrogens is 278 g/mol. The molecule has 1 fully saturated rings. The molecule has 0 aliphatic carbocycles. The van der Waals surface area contributed by atoms with Crippen molar-refractivity contribution in [2.75, 3.05) is 18.8 Å². The molecule has 120 valence electrons. The maximum atomic E-state index is 10.4. The molecule has 6 heteroatoms. The Hall–Kier alpha value is -1.66. The molecule has 1 aliphatic rings. The summed E-state index contributed by atoms with van der Waals surface area (Å²) in [7, 11) is 0. The molecule has 0 radical (unpaired) electrons. The van der Waals surface area contributed by atoms with Crippen molar-refractivity contribution < 1.29 is 5.11 Å². The van der Waals surface area contributed by atoms with Crippen molar-refractivity contribution in [1.82, 2.24) is 19.9 Å². The lowest BCUT2D eigenvalue weighted by Gasteiger charge is -2.23. The fourth-order valence-corrected chi connectivity index (χ4v) is 3.75. The largest absolute Gasteiger partial charge is 0.391 e. The Morgan fingerprint density at radius 2 is 2.14 bits per heavy atom. The number of nitrogen functional groups attached to an aromatic ring is 1. The molecule has 0 saturated carbocycles. The van der Waals surface area contributed by atoms with Crippen molar-refractivity contribution in [2.45, 2.75) is 39.3 Å². The number of rotatable bonds is 5. The van der Waals surface area contributed by atoms with Gasteiger partial charge in [0.15, 0.2) is 5.82 Å². The summed E-state index contributed by atoms with van der Waals surface area (Å²) in [5, 5.41) is 10.4. The lowest BCUT2D eigenvalue weighted by molar-refractivity contribution is 0.108. The van der Waals surface area contributed by atoms with E-state index in [4.69, 9.17) is 5.73 Å². The number of aliphatic hydroxyl groups excluding tert-OH is 1. The summed E-state index contributed by atoms with van der Waals surface area (Å²) in [6.07, 6.45) is 5.48. The Morgan fingerprint density at radius 3 is 2.86 bits per heavy atom. The number of fused-ring (bicyclic) bond motifs is 1. The summed E-state index contributed by atoms with van der Waals surface area (Å²) >= 11 is 0. The molecule has 2 aromatic rings. The number of β-amino-alcohol motifs (C(OH)–C–C–N with tert-alkyl or cyclic N) is 1. The number of aromatic amines is 1. The Bertz CT molecular complexity index is 636. The number of nitrogens with two attached hydrogens (primary N) is 1. The van der Waals surface area contributed by atoms with Crippen LogP contribution < -0.4 is 5.73 Å². The molecular formula is C16H25N5O. The van der Waals surface area contributed by atoms with Crippen LogP contribution in [0.4, 0.5) is 5.82 Å². The van der Waals surface area contributed by atoms with Crippen LogP contribution in [0, 0.1) is 11.8 Å². The average molecular weight is 303 g/mol. The first-order chi connectivity index (χ1) is 10.6. The summed E-state index contributed by atoms with van der Waals surface area (Å²) in [6, 6.07) is 0. The number of anilines is 1. The number of nitrogens with zero attached hydrogens (tertiary/aromatic N) is 3. The lowest BCUT2D eigenvalue weighted by Crippen LogP contribution is -2.25. The van der Waals surface area contributed by atoms with Crippen molar-refractivity contribution in [3.8, 4) is 0 Å². The average Bonchev–Trinajstić information content (AvgIpc) is 3.07. The monoisotopic (exact) mass is 303 g/mol. The highest BCUT2D eigenvalue weighted by molar-refractivity contribution is 5.86. The molecule has 2 atom stereocenters. The van der Waals surface area contributed by atoms with Crippen molar-refractivity contribution >= 4 is 16.9 Å². The number of hydrogen-bond donors (Lipinski definition) is 3. The molecule has 0 amide bonds. The van der Waals surface area contributed by atoms with Gasteiger partial charge in [-0.15, -0.1) is 0 Å². The van der Waals surface area contributed by atoms with E-state index in [0.717, 1.165) is 49.1 Å². The second kappa shape index (κ2) is 6.22. The van der Waals surface area contributed by atoms with Gasteiger partial charge in [-0.25, -0.2) is 9.97 Å². The molecule has 3 heterocycles. The summed E-state index contributed by atoms with van der Waals surface area (Å²) in [5.41, 5.74) is 8.66. The van der Waals surface area contributed by atoms with Crippen LogP contribution in [-0.2, 0) is 6.54 Å². The van der Waals surface area contributed by atoms with E-state index in [1.807, 2.05) is 6.20 Å². The van der Waals surface area contributed by atoms with Crippen LogP contribution in [0.2, 0.25) is 0 Å². The van der Waals surface area contributed by atoms with Crippen molar-refractivity contribution in [1.29, 1.82) is 0 Å². The van der Waals surface area contributed by atoms with Gasteiger partial charge in [-0.1, -0.05) is 26.7 Å². The predicted molar refractivity (Wildman–Crippen MR) is 87.1 cm³/mol. The van der Waals surface area contributed by atoms with E-state index in [9.17, 15) is 5.11 Å². The molecule has 0 bridgehead atoms. The predicted octanol–water partition coefficient (Wildman–Crippen LogP) is 1.77. The summed E-state index contributed by atoms with van der Waals surface area (Å²) in [6.45, 7) is 6.88. The zero-order valence-corrected chi connectivity index (χ0v) is 13.3. The van der Waals surface area contributed by atoms with Crippen LogP contribution in [0.1, 0.15) is 32.3 Å². The number of nitrogens with one attached hydrogen (secondary N) is 1. The Balaban J connectivity index is 1.75. The molecule has 6 nitrogen and oxygen atoms in total. The molecule has 0 spiro atoms. The summed E-state index contributed by atoms with van der Waals surface area (Å²) < 4.78 is 0. The third-order valence-electron chi connectivity index (χ3n) is 5.03. The van der Waals surface area contributed by atoms with Crippen LogP contribution >= 0.6 is 0 Å². The van der Waals surface area contributed by atoms with E-state index >= 15 is 0 Å². The molecule has 0 aromatic carbocycles. The van der Waals surface area contributed by atoms with Crippen molar-refractivity contribution in [3.63, 3.8) is 0 Å². The van der Waals surface area contributed by atoms with Gasteiger partial charge in [-0.05, 0) is 5.92 Å². The van der Waals surface area contributed by atoms with Gasteiger partial charge in [0.1, 0.15) is 11.8 Å². The maximum absolute atomic E-state index is 10.4. The number of aromatic nitrogens is 3. The van der Waals surface area contributed by atoms with Gasteiger partial charge < -0.3 is 15.8 Å². The van der Waals surface area contributed by atoms with Crippen LogP contribution in [0.5, 0.6) is 0 Å². The first-order valence-electron chi connectivity index (χ1n) is 8.10. The van der Waals surface area contributed by atoms with E-state index in [2.05, 4.69) is 33.7 Å². The molecule has 3 rings (SSSR count). The number of likely N-dealkylation sites (tertiary alicyclic amines) is 1. The van der Waals surface area contributed by atoms with E-state index < -0.39 is 0 Å². The van der Waals surface area contributed by atoms with Gasteiger partial charge in [0.25, 0.3) is 0 Å². The number of aliphatic hydroxyl groups is 1. The van der Waals surface area contributed by atoms with E-state index in [1.165, 1.54) is 6.33 Å². The zero-order chi connectivity index (χ0) is 15.7. The Morgan fingerprint density at radius 1 is 1.36 bits per heavy atom. The van der Waals surface area contributed by atoms with E-state index in [1.54, 1.807) is 0 Å². The van der Waals surface area contributed by atoms with Crippen LogP contribution in [-0.4, -0.2) is 44.2 Å². The second-order valence-electron chi connectivity index (χ2n) is 6.30. The van der Waals surface area contributed by atoms with Crippen molar-refractivity contribution in [3.05, 3.63) is 18.1 Å². The van der Waals surface area contributed by atoms with Gasteiger partial charge >= 0.3 is 0 Å². The Labute approximate surface area is 130 Å². The molecule has 0 unspecified atom stereocenters. The molecule has 4 N–H and O–H groups in total. The highest BCUT2D eigenvalue weighted by Gasteiger charge is 2.35. The molecule has 1 saturated heterocycles. The highest BCUT2D eigenvalue weighted by atomic mass is 16.3. The Kier molecular flexibility index (Phi) is 4.31. The minimum absolute atomic E-state index is 0.227. The van der Waals surface area contributed by atoms with Gasteiger partial charge in [0, 0.05) is 37.3 Å². The fourth-order valence-electron chi connectivity index (χ4n) is 3.75. The molecule has 2 aromatic heterocycles. The SMILES string of the molecule is CCC(CC)[C@H]1CN(Cc2c[nH]c3c(N)ncnc23)C[C@@H]1O. The van der Waals surface area contributed by atoms with Crippen LogP contribution in [0.3, 0.4) is 0 Å². The molecule has 22 heavy (non-hydrogen) atoms. The van der Waals surface area contributed by atoms with E-state index in [0.29, 0.717) is 17.7 Å². The van der Waals surface area contributed by atoms with Crippen LogP contribution in [0.15, 0.2) is 12.5 Å². The number of hydrogen-bond acceptors (Lipinski definition) is 5. The normalized spacial score (nSPS) is 22.9. The lowest BCUT2D eigenvalue weighted by atomic mass is 9.86. The van der Waals surface area contributed by atoms with Gasteiger partial charge in [0.05, 0.1) is 11.6 Å². The van der Waals surface area contributed by atoms with Crippen LogP contribution in [0.25, 0.3) is 11.0 Å². The standard InChI is InChI=1S/C16H25N5O/c1-3-10(4-2)12-7-21(8-13(12)22)6-11-5-18-15-14(11)19-9-20-16(15)17/h5,9-10,12-13,18,22H,3-4,6-8H2,1-2H3,(H2,17,19,20)/t12-,13+/m1/s1. The van der Waals surface area contributed by atoms with Gasteiger partial charge in [-0.2, -0.15) is 0 Å². The maximum Gasteiger partial charge on any atom is 0.151 e. The van der Waals surface area contributed by atoms with Gasteiger partial charge in [0.2, 0.25) is 0 Å². The second-order valence-corrected chi connectivity index (χ2v) is 6.30. The van der Waals surface area contributed by atoms with Gasteiger partial charge in [-0.3, -0.25) is 4.90 Å². The first kappa shape index (κ1) is 15.2. The molecule has 1 aliphatic heterocycles. The minimum atomic E-state index is -0.227. The minimum Gasteiger partial charge on any atom is -0.391 e. The summed E-state index contributed by atoms with van der Waals surface area (Å²) in [4.78, 5) is 13.8. The highest BCUT2D eigenvalue weighted by Crippen LogP contribution is 2.31. The third-order valence-corrected chi connectivity index (χ3v) is 5.03.